The first-order valence-corrected chi connectivity index (χ1v) is 11.4. The minimum atomic E-state index is -0.412. The smallest absolute Gasteiger partial charge is 0.324 e. The molecule has 2 amide bonds. The van der Waals surface area contributed by atoms with Gasteiger partial charge in [0.25, 0.3) is 0 Å². The molecule has 5 aromatic rings. The van der Waals surface area contributed by atoms with E-state index in [0.717, 1.165) is 39.4 Å². The molecule has 0 radical (unpaired) electrons. The van der Waals surface area contributed by atoms with Gasteiger partial charge in [0.1, 0.15) is 18.3 Å². The summed E-state index contributed by atoms with van der Waals surface area (Å²) in [4.78, 5) is 32.9. The minimum Gasteiger partial charge on any atom is -0.339 e. The molecular formula is C26H24N10O. The Bertz CT molecular complexity index is 1640. The van der Waals surface area contributed by atoms with E-state index in [2.05, 4.69) is 52.3 Å². The van der Waals surface area contributed by atoms with Crippen molar-refractivity contribution in [3.05, 3.63) is 85.4 Å². The first kappa shape index (κ1) is 23.4. The van der Waals surface area contributed by atoms with Crippen LogP contribution >= 0.6 is 0 Å². The van der Waals surface area contributed by atoms with Crippen LogP contribution in [0.3, 0.4) is 0 Å². The van der Waals surface area contributed by atoms with Gasteiger partial charge in [-0.3, -0.25) is 20.0 Å². The maximum atomic E-state index is 12.5. The molecule has 4 heterocycles. The molecule has 4 aromatic heterocycles. The summed E-state index contributed by atoms with van der Waals surface area (Å²) in [6, 6.07) is 10.8. The predicted molar refractivity (Wildman–Crippen MR) is 145 cm³/mol. The Morgan fingerprint density at radius 1 is 1.14 bits per heavy atom. The van der Waals surface area contributed by atoms with E-state index >= 15 is 0 Å². The van der Waals surface area contributed by atoms with E-state index in [9.17, 15) is 4.79 Å². The second-order valence-electron chi connectivity index (χ2n) is 8.13. The quantitative estimate of drug-likeness (QED) is 0.191. The van der Waals surface area contributed by atoms with Gasteiger partial charge in [0.2, 0.25) is 0 Å². The van der Waals surface area contributed by atoms with E-state index in [1.54, 1.807) is 37.8 Å². The first-order chi connectivity index (χ1) is 18.0. The third kappa shape index (κ3) is 5.05. The Labute approximate surface area is 212 Å². The average molecular weight is 493 g/mol. The van der Waals surface area contributed by atoms with Crippen LogP contribution in [0.4, 0.5) is 16.3 Å². The predicted octanol–water partition coefficient (Wildman–Crippen LogP) is 4.76. The number of nitrogens with zero attached hydrogens (tertiary/aromatic N) is 6. The van der Waals surface area contributed by atoms with Crippen LogP contribution in [0.15, 0.2) is 79.0 Å². The van der Waals surface area contributed by atoms with E-state index < -0.39 is 6.03 Å². The van der Waals surface area contributed by atoms with E-state index in [1.807, 2.05) is 48.0 Å². The molecule has 0 atom stereocenters. The van der Waals surface area contributed by atoms with Crippen LogP contribution in [-0.2, 0) is 0 Å². The van der Waals surface area contributed by atoms with Crippen molar-refractivity contribution >= 4 is 40.4 Å². The molecule has 0 saturated heterocycles. The van der Waals surface area contributed by atoms with Gasteiger partial charge in [-0.1, -0.05) is 30.9 Å². The van der Waals surface area contributed by atoms with Crippen LogP contribution in [0.25, 0.3) is 33.7 Å². The molecular weight excluding hydrogens is 468 g/mol. The molecule has 5 rings (SSSR count). The second kappa shape index (κ2) is 10.1. The standard InChI is InChI=1S/C26H24N10O/c1-4-5-18(12-27-3)22-11-23(35-34-22)33-26(37)31-19-8-6-17(7-9-19)21-10-20-24(32-21)28-14-29-25(20)36-13-16(2)30-15-36/h4-15H,1H2,2-3H3,(H,28,29,32)(H3,31,33,34,35,37)/b18-5+,27-12?. The van der Waals surface area contributed by atoms with E-state index in [0.29, 0.717) is 17.2 Å². The fourth-order valence-corrected chi connectivity index (χ4v) is 3.84. The van der Waals surface area contributed by atoms with Gasteiger partial charge in [-0.2, -0.15) is 5.10 Å². The molecule has 0 unspecified atom stereocenters. The lowest BCUT2D eigenvalue weighted by atomic mass is 10.1. The van der Waals surface area contributed by atoms with E-state index in [4.69, 9.17) is 0 Å². The number of aromatic nitrogens is 7. The molecule has 4 N–H and O–H groups in total. The number of urea groups is 1. The fourth-order valence-electron chi connectivity index (χ4n) is 3.84. The zero-order valence-corrected chi connectivity index (χ0v) is 20.2. The van der Waals surface area contributed by atoms with Crippen LogP contribution in [0, 0.1) is 6.92 Å². The molecule has 0 bridgehead atoms. The highest BCUT2D eigenvalue weighted by molar-refractivity contribution is 6.10. The number of anilines is 2. The monoisotopic (exact) mass is 492 g/mol. The fraction of sp³-hybridized carbons (Fsp3) is 0.0769. The number of imidazole rings is 1. The third-order valence-electron chi connectivity index (χ3n) is 5.51. The molecule has 184 valence electrons. The number of aliphatic imine (C=N–C) groups is 1. The maximum Gasteiger partial charge on any atom is 0.324 e. The van der Waals surface area contributed by atoms with Gasteiger partial charge in [0, 0.05) is 42.5 Å². The highest BCUT2D eigenvalue weighted by atomic mass is 16.2. The number of fused-ring (bicyclic) bond motifs is 1. The minimum absolute atomic E-state index is 0.381. The van der Waals surface area contributed by atoms with Gasteiger partial charge in [-0.15, -0.1) is 0 Å². The Morgan fingerprint density at radius 3 is 2.70 bits per heavy atom. The van der Waals surface area contributed by atoms with Gasteiger partial charge in [-0.05, 0) is 30.7 Å². The number of hydrogen-bond acceptors (Lipinski definition) is 6. The molecule has 37 heavy (non-hydrogen) atoms. The van der Waals surface area contributed by atoms with Crippen LogP contribution in [0.5, 0.6) is 0 Å². The number of aromatic amines is 2. The van der Waals surface area contributed by atoms with Crippen molar-refractivity contribution < 1.29 is 4.79 Å². The van der Waals surface area contributed by atoms with E-state index in [-0.39, 0.29) is 0 Å². The first-order valence-electron chi connectivity index (χ1n) is 11.4. The number of hydrogen-bond donors (Lipinski definition) is 4. The second-order valence-corrected chi connectivity index (χ2v) is 8.13. The van der Waals surface area contributed by atoms with Crippen LogP contribution in [-0.4, -0.2) is 54.0 Å². The Hall–Kier alpha value is -5.32. The number of amides is 2. The molecule has 11 nitrogen and oxygen atoms in total. The molecule has 1 aromatic carbocycles. The lowest BCUT2D eigenvalue weighted by Crippen LogP contribution is -2.19. The van der Waals surface area contributed by atoms with Gasteiger partial charge in [0.15, 0.2) is 11.6 Å². The van der Waals surface area contributed by atoms with Crippen molar-refractivity contribution in [2.75, 3.05) is 17.7 Å². The lowest BCUT2D eigenvalue weighted by molar-refractivity contribution is 0.262. The van der Waals surface area contributed by atoms with Crippen molar-refractivity contribution in [3.63, 3.8) is 0 Å². The van der Waals surface area contributed by atoms with Crippen molar-refractivity contribution in [1.82, 2.24) is 34.7 Å². The molecule has 0 aliphatic heterocycles. The number of carbonyl (C=O) groups excluding carboxylic acids is 1. The largest absolute Gasteiger partial charge is 0.339 e. The normalized spacial score (nSPS) is 11.8. The highest BCUT2D eigenvalue weighted by Gasteiger charge is 2.12. The summed E-state index contributed by atoms with van der Waals surface area (Å²) in [7, 11) is 1.68. The highest BCUT2D eigenvalue weighted by Crippen LogP contribution is 2.27. The molecule has 0 aliphatic carbocycles. The number of rotatable bonds is 7. The molecule has 0 aliphatic rings. The molecule has 11 heteroatoms. The summed E-state index contributed by atoms with van der Waals surface area (Å²) in [6.45, 7) is 5.63. The summed E-state index contributed by atoms with van der Waals surface area (Å²) >= 11 is 0. The van der Waals surface area contributed by atoms with Gasteiger partial charge in [0.05, 0.1) is 16.8 Å². The summed E-state index contributed by atoms with van der Waals surface area (Å²) in [5.74, 6) is 1.13. The zero-order chi connectivity index (χ0) is 25.8. The van der Waals surface area contributed by atoms with Gasteiger partial charge >= 0.3 is 6.03 Å². The topological polar surface area (TPSA) is 142 Å². The van der Waals surface area contributed by atoms with Gasteiger partial charge < -0.3 is 10.3 Å². The number of allylic oxidation sites excluding steroid dienone is 3. The summed E-state index contributed by atoms with van der Waals surface area (Å²) < 4.78 is 1.87. The molecule has 0 spiro atoms. The van der Waals surface area contributed by atoms with Crippen molar-refractivity contribution in [3.8, 4) is 17.1 Å². The average Bonchev–Trinajstić information content (AvgIpc) is 3.64. The number of benzene rings is 1. The molecule has 0 saturated carbocycles. The lowest BCUT2D eigenvalue weighted by Gasteiger charge is -2.06. The SMILES string of the molecule is C=C/C=C(\C=NC)c1cc(NC(=O)Nc2ccc(-c3cc4c(-n5cnc(C)c5)ncnc4[nH]3)cc2)n[nH]1. The zero-order valence-electron chi connectivity index (χ0n) is 20.2. The number of H-pyrrole nitrogens is 2. The number of carbonyl (C=O) groups is 1. The Morgan fingerprint density at radius 2 is 1.97 bits per heavy atom. The Kier molecular flexibility index (Phi) is 6.41. The van der Waals surface area contributed by atoms with Crippen molar-refractivity contribution in [2.45, 2.75) is 6.92 Å². The number of aryl methyl sites for hydroxylation is 1. The maximum absolute atomic E-state index is 12.5. The Balaban J connectivity index is 1.28. The van der Waals surface area contributed by atoms with Crippen LogP contribution < -0.4 is 10.6 Å². The summed E-state index contributed by atoms with van der Waals surface area (Å²) in [6.07, 6.45) is 10.3. The van der Waals surface area contributed by atoms with Crippen molar-refractivity contribution in [2.24, 2.45) is 4.99 Å². The van der Waals surface area contributed by atoms with Crippen LogP contribution in [0.2, 0.25) is 0 Å². The van der Waals surface area contributed by atoms with Crippen LogP contribution in [0.1, 0.15) is 11.4 Å². The van der Waals surface area contributed by atoms with Gasteiger partial charge in [-0.25, -0.2) is 19.7 Å². The number of nitrogens with one attached hydrogen (secondary N) is 4. The van der Waals surface area contributed by atoms with E-state index in [1.165, 1.54) is 6.33 Å². The summed E-state index contributed by atoms with van der Waals surface area (Å²) in [5, 5.41) is 13.4. The molecule has 0 fully saturated rings. The third-order valence-corrected chi connectivity index (χ3v) is 5.51. The summed E-state index contributed by atoms with van der Waals surface area (Å²) in [5.41, 5.74) is 5.59. The van der Waals surface area contributed by atoms with Crippen molar-refractivity contribution in [1.29, 1.82) is 0 Å².